The van der Waals surface area contributed by atoms with Crippen LogP contribution in [0.5, 0.6) is 0 Å². The van der Waals surface area contributed by atoms with E-state index in [1.807, 2.05) is 0 Å². The Bertz CT molecular complexity index is 624. The van der Waals surface area contributed by atoms with Crippen LogP contribution in [-0.4, -0.2) is 35.9 Å². The summed E-state index contributed by atoms with van der Waals surface area (Å²) in [5.41, 5.74) is 0.0781. The van der Waals surface area contributed by atoms with E-state index in [1.54, 1.807) is 0 Å². The third kappa shape index (κ3) is 34.0. The molecule has 0 saturated carbocycles. The van der Waals surface area contributed by atoms with E-state index in [4.69, 9.17) is 9.26 Å². The predicted octanol–water partition coefficient (Wildman–Crippen LogP) is 11.5. The molecule has 1 N–H and O–H groups in total. The van der Waals surface area contributed by atoms with Gasteiger partial charge in [-0.05, 0) is 38.5 Å². The van der Waals surface area contributed by atoms with Crippen LogP contribution in [0.2, 0.25) is 0 Å². The van der Waals surface area contributed by atoms with Crippen LogP contribution >= 0.6 is 8.81 Å². The van der Waals surface area contributed by atoms with Crippen molar-refractivity contribution in [3.05, 3.63) is 12.2 Å². The average Bonchev–Trinajstić information content (AvgIpc) is 3.01. The topological polar surface area (TPSA) is 72.8 Å². The van der Waals surface area contributed by atoms with Crippen LogP contribution in [0.1, 0.15) is 194 Å². The zero-order chi connectivity index (χ0) is 31.5. The number of carbonyl (C=O) groups is 2. The lowest BCUT2D eigenvalue weighted by Gasteiger charge is -2.15. The van der Waals surface area contributed by atoms with Gasteiger partial charge in [0.25, 0.3) is 0 Å². The molecule has 0 aromatic heterocycles. The minimum atomic E-state index is -0.619. The Balaban J connectivity index is 3.54. The minimum Gasteiger partial charge on any atom is -0.463 e. The monoisotopic (exact) mass is 627 g/mol. The highest BCUT2D eigenvalue weighted by atomic mass is 31.1. The summed E-state index contributed by atoms with van der Waals surface area (Å²) in [4.78, 5) is 24.2. The molecule has 43 heavy (non-hydrogen) atoms. The Morgan fingerprint density at radius 1 is 0.581 bits per heavy atom. The Morgan fingerprint density at radius 2 is 0.977 bits per heavy atom. The molecule has 0 fully saturated rings. The van der Waals surface area contributed by atoms with E-state index < -0.39 is 6.10 Å². The molecular formula is C37H71O5P. The average molecular weight is 627 g/mol. The highest BCUT2D eigenvalue weighted by Gasteiger charge is 2.14. The van der Waals surface area contributed by atoms with Gasteiger partial charge in [0.2, 0.25) is 0 Å². The molecule has 2 atom stereocenters. The van der Waals surface area contributed by atoms with Crippen LogP contribution in [0.15, 0.2) is 12.2 Å². The van der Waals surface area contributed by atoms with E-state index in [-0.39, 0.29) is 33.5 Å². The van der Waals surface area contributed by atoms with E-state index in [0.29, 0.717) is 12.8 Å². The maximum absolute atomic E-state index is 12.2. The van der Waals surface area contributed by atoms with Crippen LogP contribution in [0.3, 0.4) is 0 Å². The van der Waals surface area contributed by atoms with Gasteiger partial charge in [0.15, 0.2) is 5.52 Å². The quantitative estimate of drug-likeness (QED) is 0.0328. The van der Waals surface area contributed by atoms with Crippen molar-refractivity contribution in [2.24, 2.45) is 0 Å². The number of aliphatic hydroxyl groups is 1. The maximum atomic E-state index is 12.2. The highest BCUT2D eigenvalue weighted by molar-refractivity contribution is 7.53. The Morgan fingerprint density at radius 3 is 1.42 bits per heavy atom. The second kappa shape index (κ2) is 35.7. The standard InChI is InChI=1S/C37H71O5P/c1-3-5-7-9-11-13-15-17-18-20-22-24-26-28-30-32-37(40)43-42-35(33-38)34-41-36(39)31-29-27-25-23-21-19-16-14-12-10-8-6-4-2/h17-18,35,38,43H,3-16,19-34H2,1-2H3. The molecule has 0 saturated heterocycles. The van der Waals surface area contributed by atoms with Crippen molar-refractivity contribution < 1.29 is 24.0 Å². The van der Waals surface area contributed by atoms with Gasteiger partial charge < -0.3 is 14.4 Å². The molecule has 254 valence electrons. The van der Waals surface area contributed by atoms with Gasteiger partial charge >= 0.3 is 5.97 Å². The fraction of sp³-hybridized carbons (Fsp3) is 0.892. The van der Waals surface area contributed by atoms with Crippen LogP contribution in [0, 0.1) is 0 Å². The summed E-state index contributed by atoms with van der Waals surface area (Å²) in [6.07, 6.45) is 37.6. The highest BCUT2D eigenvalue weighted by Crippen LogP contribution is 2.21. The van der Waals surface area contributed by atoms with Gasteiger partial charge in [-0.3, -0.25) is 9.59 Å². The summed E-state index contributed by atoms with van der Waals surface area (Å²) < 4.78 is 10.8. The number of unbranched alkanes of at least 4 members (excludes halogenated alkanes) is 23. The lowest BCUT2D eigenvalue weighted by atomic mass is 10.0. The summed E-state index contributed by atoms with van der Waals surface area (Å²) >= 11 is 0. The Kier molecular flexibility index (Phi) is 35.1. The molecule has 2 unspecified atom stereocenters. The van der Waals surface area contributed by atoms with Crippen molar-refractivity contribution in [2.75, 3.05) is 13.2 Å². The fourth-order valence-electron chi connectivity index (χ4n) is 5.23. The van der Waals surface area contributed by atoms with Gasteiger partial charge in [0, 0.05) is 12.8 Å². The van der Waals surface area contributed by atoms with E-state index in [9.17, 15) is 14.7 Å². The molecule has 0 amide bonds. The number of hydrogen-bond donors (Lipinski definition) is 1. The zero-order valence-corrected chi connectivity index (χ0v) is 29.5. The van der Waals surface area contributed by atoms with Gasteiger partial charge in [-0.15, -0.1) is 0 Å². The second-order valence-electron chi connectivity index (χ2n) is 12.5. The molecule has 0 spiro atoms. The van der Waals surface area contributed by atoms with Crippen molar-refractivity contribution in [3.63, 3.8) is 0 Å². The summed E-state index contributed by atoms with van der Waals surface area (Å²) in [5.74, 6) is -0.243. The van der Waals surface area contributed by atoms with Gasteiger partial charge in [-0.2, -0.15) is 0 Å². The molecule has 0 aliphatic heterocycles. The van der Waals surface area contributed by atoms with Crippen molar-refractivity contribution in [2.45, 2.75) is 200 Å². The third-order valence-electron chi connectivity index (χ3n) is 8.12. The number of aliphatic hydroxyl groups excluding tert-OH is 1. The smallest absolute Gasteiger partial charge is 0.305 e. The summed E-state index contributed by atoms with van der Waals surface area (Å²) in [6.45, 7) is 4.29. The molecule has 5 nitrogen and oxygen atoms in total. The van der Waals surface area contributed by atoms with Gasteiger partial charge in [-0.1, -0.05) is 154 Å². The van der Waals surface area contributed by atoms with Crippen molar-refractivity contribution in [1.82, 2.24) is 0 Å². The number of ether oxygens (including phenoxy) is 1. The molecule has 0 bridgehead atoms. The van der Waals surface area contributed by atoms with Gasteiger partial charge in [0.1, 0.15) is 12.7 Å². The number of carbonyl (C=O) groups excluding carboxylic acids is 2. The van der Waals surface area contributed by atoms with Gasteiger partial charge in [0.05, 0.1) is 15.4 Å². The predicted molar refractivity (Wildman–Crippen MR) is 186 cm³/mol. The van der Waals surface area contributed by atoms with Crippen LogP contribution in [0.4, 0.5) is 0 Å². The molecule has 0 radical (unpaired) electrons. The van der Waals surface area contributed by atoms with Crippen LogP contribution in [-0.2, 0) is 18.8 Å². The van der Waals surface area contributed by atoms with Crippen molar-refractivity contribution >= 4 is 20.3 Å². The summed E-state index contributed by atoms with van der Waals surface area (Å²) in [6, 6.07) is 0. The number of hydrogen-bond acceptors (Lipinski definition) is 5. The Hall–Kier alpha value is -0.770. The van der Waals surface area contributed by atoms with Crippen molar-refractivity contribution in [3.8, 4) is 0 Å². The second-order valence-corrected chi connectivity index (χ2v) is 13.5. The molecule has 0 aromatic rings. The lowest BCUT2D eigenvalue weighted by molar-refractivity contribution is -0.146. The SMILES string of the molecule is CCCCCCCCC=CCCCCCCCC(=O)POC(CO)COC(=O)CCCCCCCCCCCCCCC. The van der Waals surface area contributed by atoms with Crippen LogP contribution < -0.4 is 0 Å². The van der Waals surface area contributed by atoms with Gasteiger partial charge in [-0.25, -0.2) is 0 Å². The first-order valence-corrected chi connectivity index (χ1v) is 19.4. The van der Waals surface area contributed by atoms with Crippen molar-refractivity contribution in [1.29, 1.82) is 0 Å². The first-order valence-electron chi connectivity index (χ1n) is 18.5. The largest absolute Gasteiger partial charge is 0.463 e. The molecule has 0 aromatic carbocycles. The number of rotatable bonds is 35. The first-order chi connectivity index (χ1) is 21.1. The number of esters is 1. The number of allylic oxidation sites excluding steroid dienone is 2. The van der Waals surface area contributed by atoms with E-state index in [2.05, 4.69) is 26.0 Å². The lowest BCUT2D eigenvalue weighted by Crippen LogP contribution is -2.23. The summed E-state index contributed by atoms with van der Waals surface area (Å²) in [7, 11) is -0.292. The molecule has 0 aliphatic rings. The van der Waals surface area contributed by atoms with E-state index in [0.717, 1.165) is 38.5 Å². The third-order valence-corrected chi connectivity index (χ3v) is 9.05. The summed E-state index contributed by atoms with van der Waals surface area (Å²) in [5, 5.41) is 9.54. The molecule has 0 aliphatic carbocycles. The molecule has 0 rings (SSSR count). The molecule has 6 heteroatoms. The first kappa shape index (κ1) is 42.2. The Labute approximate surface area is 269 Å². The zero-order valence-electron chi connectivity index (χ0n) is 28.5. The molecular weight excluding hydrogens is 555 g/mol. The van der Waals surface area contributed by atoms with Crippen LogP contribution in [0.25, 0.3) is 0 Å². The fourth-order valence-corrected chi connectivity index (χ4v) is 5.95. The minimum absolute atomic E-state index is 0.0153. The maximum Gasteiger partial charge on any atom is 0.305 e. The normalized spacial score (nSPS) is 12.5. The van der Waals surface area contributed by atoms with E-state index in [1.165, 1.54) is 128 Å². The molecule has 0 heterocycles. The van der Waals surface area contributed by atoms with E-state index >= 15 is 0 Å².